The topological polar surface area (TPSA) is 75.6 Å². The number of ether oxygens (including phenoxy) is 1. The summed E-state index contributed by atoms with van der Waals surface area (Å²) >= 11 is 7.15. The van der Waals surface area contributed by atoms with Crippen LogP contribution < -0.4 is 4.72 Å². The second-order valence-corrected chi connectivity index (χ2v) is 10.7. The molecule has 5 nitrogen and oxygen atoms in total. The summed E-state index contributed by atoms with van der Waals surface area (Å²) in [6, 6.07) is 17.1. The van der Waals surface area contributed by atoms with Crippen molar-refractivity contribution >= 4 is 35.6 Å². The van der Waals surface area contributed by atoms with Gasteiger partial charge in [-0.2, -0.15) is 0 Å². The van der Waals surface area contributed by atoms with E-state index in [9.17, 15) is 14.7 Å². The van der Waals surface area contributed by atoms with Gasteiger partial charge in [0, 0.05) is 10.4 Å². The van der Waals surface area contributed by atoms with Crippen LogP contribution in [0.15, 0.2) is 54.6 Å². The third kappa shape index (κ3) is 7.15. The Morgan fingerprint density at radius 2 is 1.82 bits per heavy atom. The zero-order valence-electron chi connectivity index (χ0n) is 19.1. The average molecular weight is 490 g/mol. The lowest BCUT2D eigenvalue weighted by atomic mass is 9.76. The first kappa shape index (κ1) is 25.4. The molecule has 0 heterocycles. The van der Waals surface area contributed by atoms with Gasteiger partial charge in [0.1, 0.15) is 11.4 Å². The molecule has 1 aliphatic carbocycles. The van der Waals surface area contributed by atoms with Crippen molar-refractivity contribution in [2.45, 2.75) is 69.1 Å². The second-order valence-electron chi connectivity index (χ2n) is 9.21. The number of carbonyl (C=O) groups is 2. The minimum absolute atomic E-state index is 0.393. The Bertz CT molecular complexity index is 931. The van der Waals surface area contributed by atoms with Crippen LogP contribution in [0.5, 0.6) is 0 Å². The Balaban J connectivity index is 1.71. The number of rotatable bonds is 9. The number of carbonyl (C=O) groups excluding carboxylic acids is 1. The van der Waals surface area contributed by atoms with Crippen LogP contribution in [0, 0.1) is 5.92 Å². The molecule has 1 fully saturated rings. The molecule has 7 heteroatoms. The van der Waals surface area contributed by atoms with Gasteiger partial charge in [-0.1, -0.05) is 100 Å². The van der Waals surface area contributed by atoms with Gasteiger partial charge in [-0.3, -0.25) is 9.52 Å². The Labute approximate surface area is 205 Å². The molecule has 1 unspecified atom stereocenters. The summed E-state index contributed by atoms with van der Waals surface area (Å²) in [7, 11) is 0. The lowest BCUT2D eigenvalue weighted by Gasteiger charge is -2.35. The molecule has 2 aromatic rings. The molecule has 0 radical (unpaired) electrons. The van der Waals surface area contributed by atoms with Crippen molar-refractivity contribution in [1.29, 1.82) is 0 Å². The summed E-state index contributed by atoms with van der Waals surface area (Å²) in [4.78, 5) is 24.6. The normalized spacial score (nSPS) is 16.6. The van der Waals surface area contributed by atoms with Gasteiger partial charge in [-0.15, -0.1) is 0 Å². The lowest BCUT2D eigenvalue weighted by molar-refractivity contribution is -0.136. The van der Waals surface area contributed by atoms with Crippen LogP contribution in [0.2, 0.25) is 5.02 Å². The zero-order chi connectivity index (χ0) is 23.8. The predicted molar refractivity (Wildman–Crippen MR) is 133 cm³/mol. The van der Waals surface area contributed by atoms with Crippen LogP contribution in [0.25, 0.3) is 0 Å². The molecular formula is C26H32ClNO4S. The number of benzene rings is 2. The number of carboxylic acids is 1. The van der Waals surface area contributed by atoms with Gasteiger partial charge in [0.15, 0.2) is 0 Å². The summed E-state index contributed by atoms with van der Waals surface area (Å²) in [6.07, 6.45) is 4.92. The van der Waals surface area contributed by atoms with Gasteiger partial charge in [-0.05, 0) is 47.5 Å². The standard InChI is InChI=1S/C26H32ClNO4S/c1-26(2,20-14-9-15-21(27)17-20)23(19-12-7-4-8-13-19)32-25(31)28-33-22(24(29)30)16-18-10-5-3-6-11-18/h4,7-9,12-15,17-18,22-23H,3,5-6,10-11,16H2,1-2H3,(H,28,31)(H,29,30)/t22-,23?/m0/s1. The van der Waals surface area contributed by atoms with E-state index in [4.69, 9.17) is 16.3 Å². The van der Waals surface area contributed by atoms with Gasteiger partial charge in [0.05, 0.1) is 0 Å². The van der Waals surface area contributed by atoms with Crippen molar-refractivity contribution < 1.29 is 19.4 Å². The Kier molecular flexibility index (Phi) is 9.10. The number of amides is 1. The Morgan fingerprint density at radius 1 is 1.12 bits per heavy atom. The molecule has 3 rings (SSSR count). The fraction of sp³-hybridized carbons (Fsp3) is 0.462. The molecule has 2 N–H and O–H groups in total. The number of aliphatic carboxylic acids is 1. The maximum absolute atomic E-state index is 12.8. The van der Waals surface area contributed by atoms with Crippen LogP contribution >= 0.6 is 23.5 Å². The highest BCUT2D eigenvalue weighted by Crippen LogP contribution is 2.40. The largest absolute Gasteiger partial charge is 0.480 e. The maximum atomic E-state index is 12.8. The third-order valence-corrected chi connectivity index (χ3v) is 7.58. The van der Waals surface area contributed by atoms with Crippen LogP contribution in [0.4, 0.5) is 4.79 Å². The molecule has 0 spiro atoms. The van der Waals surface area contributed by atoms with Crippen molar-refractivity contribution in [3.63, 3.8) is 0 Å². The fourth-order valence-electron chi connectivity index (χ4n) is 4.48. The molecule has 1 amide bonds. The van der Waals surface area contributed by atoms with Crippen molar-refractivity contribution in [2.24, 2.45) is 5.92 Å². The number of carboxylic acid groups (broad SMARTS) is 1. The molecule has 33 heavy (non-hydrogen) atoms. The predicted octanol–water partition coefficient (Wildman–Crippen LogP) is 7.16. The van der Waals surface area contributed by atoms with Crippen LogP contribution in [0.3, 0.4) is 0 Å². The van der Waals surface area contributed by atoms with E-state index in [2.05, 4.69) is 4.72 Å². The summed E-state index contributed by atoms with van der Waals surface area (Å²) in [5, 5.41) is 9.57. The molecule has 0 aliphatic heterocycles. The molecule has 178 valence electrons. The maximum Gasteiger partial charge on any atom is 0.417 e. The highest BCUT2D eigenvalue weighted by atomic mass is 35.5. The SMILES string of the molecule is CC(C)(c1cccc(Cl)c1)C(OC(=O)NS[C@@H](CC1CCCCC1)C(=O)O)c1ccccc1. The number of halogens is 1. The van der Waals surface area contributed by atoms with Gasteiger partial charge in [0.25, 0.3) is 0 Å². The number of nitrogens with one attached hydrogen (secondary N) is 1. The first-order chi connectivity index (χ1) is 15.8. The number of hydrogen-bond acceptors (Lipinski definition) is 4. The van der Waals surface area contributed by atoms with Crippen LogP contribution in [0.1, 0.15) is 69.6 Å². The summed E-state index contributed by atoms with van der Waals surface area (Å²) in [5.74, 6) is -0.520. The minimum Gasteiger partial charge on any atom is -0.480 e. The number of hydrogen-bond donors (Lipinski definition) is 2. The molecule has 1 saturated carbocycles. The molecule has 0 aromatic heterocycles. The average Bonchev–Trinajstić information content (AvgIpc) is 2.81. The molecular weight excluding hydrogens is 458 g/mol. The van der Waals surface area contributed by atoms with Gasteiger partial charge >= 0.3 is 12.1 Å². The van der Waals surface area contributed by atoms with Gasteiger partial charge < -0.3 is 9.84 Å². The van der Waals surface area contributed by atoms with E-state index in [1.807, 2.05) is 62.4 Å². The van der Waals surface area contributed by atoms with Crippen molar-refractivity contribution in [3.05, 3.63) is 70.7 Å². The summed E-state index contributed by atoms with van der Waals surface area (Å²) in [6.45, 7) is 4.00. The van der Waals surface area contributed by atoms with Crippen molar-refractivity contribution in [3.8, 4) is 0 Å². The highest BCUT2D eigenvalue weighted by Gasteiger charge is 2.36. The molecule has 1 aliphatic rings. The monoisotopic (exact) mass is 489 g/mol. The Hall–Kier alpha value is -2.18. The Morgan fingerprint density at radius 3 is 2.45 bits per heavy atom. The van der Waals surface area contributed by atoms with Gasteiger partial charge in [-0.25, -0.2) is 4.79 Å². The van der Waals surface area contributed by atoms with Crippen LogP contribution in [-0.4, -0.2) is 22.4 Å². The smallest absolute Gasteiger partial charge is 0.417 e. The van der Waals surface area contributed by atoms with Crippen LogP contribution in [-0.2, 0) is 14.9 Å². The molecule has 0 bridgehead atoms. The minimum atomic E-state index is -0.912. The zero-order valence-corrected chi connectivity index (χ0v) is 20.7. The van der Waals surface area contributed by atoms with E-state index in [1.165, 1.54) is 6.42 Å². The highest BCUT2D eigenvalue weighted by molar-refractivity contribution is 7.99. The quantitative estimate of drug-likeness (QED) is 0.365. The van der Waals surface area contributed by atoms with Crippen molar-refractivity contribution in [1.82, 2.24) is 4.72 Å². The van der Waals surface area contributed by atoms with E-state index < -0.39 is 28.8 Å². The molecule has 0 saturated heterocycles. The summed E-state index contributed by atoms with van der Waals surface area (Å²) in [5.41, 5.74) is 1.20. The second kappa shape index (κ2) is 11.8. The summed E-state index contributed by atoms with van der Waals surface area (Å²) < 4.78 is 8.55. The fourth-order valence-corrected chi connectivity index (χ4v) is 5.42. The first-order valence-corrected chi connectivity index (χ1v) is 12.7. The van der Waals surface area contributed by atoms with E-state index in [-0.39, 0.29) is 0 Å². The third-order valence-electron chi connectivity index (χ3n) is 6.38. The molecule has 2 aromatic carbocycles. The van der Waals surface area contributed by atoms with E-state index in [0.717, 1.165) is 48.8 Å². The first-order valence-electron chi connectivity index (χ1n) is 11.4. The van der Waals surface area contributed by atoms with Gasteiger partial charge in [0.2, 0.25) is 0 Å². The van der Waals surface area contributed by atoms with E-state index >= 15 is 0 Å². The van der Waals surface area contributed by atoms with E-state index in [0.29, 0.717) is 17.4 Å². The lowest BCUT2D eigenvalue weighted by Crippen LogP contribution is -2.34. The molecule has 2 atom stereocenters. The van der Waals surface area contributed by atoms with Crippen molar-refractivity contribution in [2.75, 3.05) is 0 Å². The van der Waals surface area contributed by atoms with E-state index in [1.54, 1.807) is 6.07 Å².